The van der Waals surface area contributed by atoms with Crippen LogP contribution in [0.3, 0.4) is 0 Å². The first-order valence-corrected chi connectivity index (χ1v) is 7.01. The summed E-state index contributed by atoms with van der Waals surface area (Å²) in [6, 6.07) is 8.09. The summed E-state index contributed by atoms with van der Waals surface area (Å²) in [5.74, 6) is 0.893. The number of aryl methyl sites for hydroxylation is 1. The van der Waals surface area contributed by atoms with Crippen LogP contribution in [-0.2, 0) is 5.60 Å². The van der Waals surface area contributed by atoms with Crippen LogP contribution in [0.15, 0.2) is 28.7 Å². The summed E-state index contributed by atoms with van der Waals surface area (Å²) < 4.78 is 5.86. The molecule has 1 saturated heterocycles. The SMILES string of the molecule is Cc1ccc2oc(C(C)(O)C3CCCNC3)cc2c1. The molecule has 2 unspecified atom stereocenters. The molecule has 0 radical (unpaired) electrons. The highest BCUT2D eigenvalue weighted by atomic mass is 16.4. The Bertz CT molecular complexity index is 579. The Kier molecular flexibility index (Phi) is 3.11. The van der Waals surface area contributed by atoms with Crippen LogP contribution in [0.5, 0.6) is 0 Å². The largest absolute Gasteiger partial charge is 0.458 e. The van der Waals surface area contributed by atoms with Crippen LogP contribution in [0.1, 0.15) is 31.1 Å². The maximum absolute atomic E-state index is 10.8. The number of benzene rings is 1. The Labute approximate surface area is 113 Å². The molecule has 1 aromatic heterocycles. The number of nitrogens with one attached hydrogen (secondary N) is 1. The van der Waals surface area contributed by atoms with Crippen molar-refractivity contribution in [1.82, 2.24) is 5.32 Å². The van der Waals surface area contributed by atoms with Crippen LogP contribution in [-0.4, -0.2) is 18.2 Å². The van der Waals surface area contributed by atoms with Gasteiger partial charge in [-0.05, 0) is 51.4 Å². The summed E-state index contributed by atoms with van der Waals surface area (Å²) in [5.41, 5.74) is 1.16. The molecule has 1 aliphatic rings. The monoisotopic (exact) mass is 259 g/mol. The van der Waals surface area contributed by atoms with Gasteiger partial charge >= 0.3 is 0 Å². The lowest BCUT2D eigenvalue weighted by molar-refractivity contribution is -0.0324. The van der Waals surface area contributed by atoms with Crippen LogP contribution in [0.2, 0.25) is 0 Å². The molecule has 1 aliphatic heterocycles. The molecule has 3 rings (SSSR count). The van der Waals surface area contributed by atoms with Gasteiger partial charge in [0, 0.05) is 17.8 Å². The zero-order valence-corrected chi connectivity index (χ0v) is 11.6. The normalized spacial score (nSPS) is 23.4. The van der Waals surface area contributed by atoms with Gasteiger partial charge in [0.15, 0.2) is 0 Å². The maximum Gasteiger partial charge on any atom is 0.136 e. The second-order valence-electron chi connectivity index (χ2n) is 5.84. The minimum Gasteiger partial charge on any atom is -0.458 e. The molecule has 1 fully saturated rings. The van der Waals surface area contributed by atoms with Gasteiger partial charge < -0.3 is 14.8 Å². The molecule has 0 bridgehead atoms. The summed E-state index contributed by atoms with van der Waals surface area (Å²) in [5, 5.41) is 15.3. The van der Waals surface area contributed by atoms with E-state index in [0.717, 1.165) is 36.9 Å². The molecule has 0 saturated carbocycles. The van der Waals surface area contributed by atoms with E-state index in [0.29, 0.717) is 5.76 Å². The molecular formula is C16H21NO2. The van der Waals surface area contributed by atoms with Crippen LogP contribution in [0, 0.1) is 12.8 Å². The molecule has 3 nitrogen and oxygen atoms in total. The predicted molar refractivity (Wildman–Crippen MR) is 76.1 cm³/mol. The van der Waals surface area contributed by atoms with Gasteiger partial charge in [0.1, 0.15) is 16.9 Å². The molecule has 0 aliphatic carbocycles. The second kappa shape index (κ2) is 4.66. The van der Waals surface area contributed by atoms with Crippen molar-refractivity contribution >= 4 is 11.0 Å². The van der Waals surface area contributed by atoms with Crippen molar-refractivity contribution in [3.8, 4) is 0 Å². The van der Waals surface area contributed by atoms with Crippen LogP contribution in [0.4, 0.5) is 0 Å². The van der Waals surface area contributed by atoms with Crippen molar-refractivity contribution in [1.29, 1.82) is 0 Å². The van der Waals surface area contributed by atoms with E-state index in [1.54, 1.807) is 0 Å². The molecule has 2 heterocycles. The van der Waals surface area contributed by atoms with E-state index < -0.39 is 5.60 Å². The topological polar surface area (TPSA) is 45.4 Å². The molecule has 0 spiro atoms. The fraction of sp³-hybridized carbons (Fsp3) is 0.500. The average molecular weight is 259 g/mol. The fourth-order valence-corrected chi connectivity index (χ4v) is 2.95. The Morgan fingerprint density at radius 1 is 1.37 bits per heavy atom. The van der Waals surface area contributed by atoms with Crippen molar-refractivity contribution in [3.05, 3.63) is 35.6 Å². The van der Waals surface area contributed by atoms with Gasteiger partial charge in [-0.3, -0.25) is 0 Å². The molecule has 19 heavy (non-hydrogen) atoms. The van der Waals surface area contributed by atoms with Gasteiger partial charge in [-0.1, -0.05) is 11.6 Å². The fourth-order valence-electron chi connectivity index (χ4n) is 2.95. The lowest BCUT2D eigenvalue weighted by Gasteiger charge is -2.34. The number of hydrogen-bond acceptors (Lipinski definition) is 3. The van der Waals surface area contributed by atoms with Crippen molar-refractivity contribution in [2.45, 2.75) is 32.3 Å². The standard InChI is InChI=1S/C16H21NO2/c1-11-5-6-14-12(8-11)9-15(19-14)16(2,18)13-4-3-7-17-10-13/h5-6,8-9,13,17-18H,3-4,7,10H2,1-2H3. The van der Waals surface area contributed by atoms with E-state index in [1.807, 2.05) is 25.1 Å². The minimum absolute atomic E-state index is 0.211. The molecule has 0 amide bonds. The molecule has 1 aromatic carbocycles. The summed E-state index contributed by atoms with van der Waals surface area (Å²) in [6.45, 7) is 5.83. The van der Waals surface area contributed by atoms with E-state index in [2.05, 4.69) is 18.3 Å². The Morgan fingerprint density at radius 2 is 2.21 bits per heavy atom. The first-order chi connectivity index (χ1) is 9.07. The lowest BCUT2D eigenvalue weighted by atomic mass is 9.82. The first kappa shape index (κ1) is 12.7. The van der Waals surface area contributed by atoms with Crippen LogP contribution >= 0.6 is 0 Å². The Hall–Kier alpha value is -1.32. The number of rotatable bonds is 2. The van der Waals surface area contributed by atoms with E-state index in [4.69, 9.17) is 4.42 Å². The van der Waals surface area contributed by atoms with Crippen molar-refractivity contribution in [2.75, 3.05) is 13.1 Å². The third-order valence-electron chi connectivity index (χ3n) is 4.26. The van der Waals surface area contributed by atoms with Gasteiger partial charge in [0.05, 0.1) is 0 Å². The molecule has 3 heteroatoms. The van der Waals surface area contributed by atoms with E-state index in [-0.39, 0.29) is 5.92 Å². The van der Waals surface area contributed by atoms with Gasteiger partial charge in [-0.25, -0.2) is 0 Å². The summed E-state index contributed by atoms with van der Waals surface area (Å²) in [4.78, 5) is 0. The van der Waals surface area contributed by atoms with Crippen molar-refractivity contribution in [2.24, 2.45) is 5.92 Å². The molecular weight excluding hydrogens is 238 g/mol. The number of fused-ring (bicyclic) bond motifs is 1. The first-order valence-electron chi connectivity index (χ1n) is 7.01. The molecule has 2 N–H and O–H groups in total. The second-order valence-corrected chi connectivity index (χ2v) is 5.84. The average Bonchev–Trinajstić information content (AvgIpc) is 2.83. The Balaban J connectivity index is 1.97. The minimum atomic E-state index is -0.902. The zero-order chi connectivity index (χ0) is 13.5. The molecule has 2 atom stereocenters. The van der Waals surface area contributed by atoms with E-state index in [1.165, 1.54) is 5.56 Å². The van der Waals surface area contributed by atoms with E-state index in [9.17, 15) is 5.11 Å². The number of piperidine rings is 1. The zero-order valence-electron chi connectivity index (χ0n) is 11.6. The number of aliphatic hydroxyl groups is 1. The lowest BCUT2D eigenvalue weighted by Crippen LogP contribution is -2.42. The molecule has 102 valence electrons. The maximum atomic E-state index is 10.8. The smallest absolute Gasteiger partial charge is 0.136 e. The Morgan fingerprint density at radius 3 is 2.95 bits per heavy atom. The third-order valence-corrected chi connectivity index (χ3v) is 4.26. The number of furan rings is 1. The summed E-state index contributed by atoms with van der Waals surface area (Å²) in [7, 11) is 0. The molecule has 2 aromatic rings. The summed E-state index contributed by atoms with van der Waals surface area (Å²) in [6.07, 6.45) is 2.15. The third kappa shape index (κ3) is 2.28. The van der Waals surface area contributed by atoms with Crippen molar-refractivity contribution in [3.63, 3.8) is 0 Å². The highest BCUT2D eigenvalue weighted by Gasteiger charge is 2.37. The summed E-state index contributed by atoms with van der Waals surface area (Å²) >= 11 is 0. The highest BCUT2D eigenvalue weighted by molar-refractivity contribution is 5.78. The predicted octanol–water partition coefficient (Wildman–Crippen LogP) is 2.95. The highest BCUT2D eigenvalue weighted by Crippen LogP contribution is 2.36. The van der Waals surface area contributed by atoms with E-state index >= 15 is 0 Å². The quantitative estimate of drug-likeness (QED) is 0.871. The number of hydrogen-bond donors (Lipinski definition) is 2. The van der Waals surface area contributed by atoms with Gasteiger partial charge in [0.25, 0.3) is 0 Å². The van der Waals surface area contributed by atoms with Gasteiger partial charge in [-0.15, -0.1) is 0 Å². The van der Waals surface area contributed by atoms with Crippen LogP contribution < -0.4 is 5.32 Å². The van der Waals surface area contributed by atoms with Crippen molar-refractivity contribution < 1.29 is 9.52 Å². The van der Waals surface area contributed by atoms with Gasteiger partial charge in [-0.2, -0.15) is 0 Å². The van der Waals surface area contributed by atoms with Crippen LogP contribution in [0.25, 0.3) is 11.0 Å². The van der Waals surface area contributed by atoms with Gasteiger partial charge in [0.2, 0.25) is 0 Å².